The van der Waals surface area contributed by atoms with Gasteiger partial charge < -0.3 is 20.3 Å². The Hall–Kier alpha value is -2.12. The smallest absolute Gasteiger partial charge is 0.328 e. The molecule has 33 heavy (non-hydrogen) atoms. The molecule has 1 aliphatic carbocycles. The van der Waals surface area contributed by atoms with E-state index < -0.39 is 23.5 Å². The molecule has 2 atom stereocenters. The number of hydrogen-bond donors (Lipinski definition) is 2. The lowest BCUT2D eigenvalue weighted by Gasteiger charge is -2.38. The SMILES string of the molecule is COC(=O)[C@@H](NC(=O)CC1(CNC(=O)[C@@H]2CCCN2C(=O)C(C)(C)C)CCCCC1)C(C)C. The van der Waals surface area contributed by atoms with Crippen LogP contribution in [0.5, 0.6) is 0 Å². The first-order chi connectivity index (χ1) is 15.4. The van der Waals surface area contributed by atoms with Crippen LogP contribution in [0, 0.1) is 16.7 Å². The van der Waals surface area contributed by atoms with Crippen molar-refractivity contribution in [2.45, 2.75) is 98.1 Å². The number of methoxy groups -OCH3 is 1. The Morgan fingerprint density at radius 3 is 2.24 bits per heavy atom. The number of carbonyl (C=O) groups is 4. The zero-order chi connectivity index (χ0) is 24.8. The van der Waals surface area contributed by atoms with Crippen LogP contribution in [0.3, 0.4) is 0 Å². The second kappa shape index (κ2) is 11.3. The van der Waals surface area contributed by atoms with Crippen molar-refractivity contribution in [1.29, 1.82) is 0 Å². The summed E-state index contributed by atoms with van der Waals surface area (Å²) in [7, 11) is 1.32. The van der Waals surface area contributed by atoms with E-state index >= 15 is 0 Å². The van der Waals surface area contributed by atoms with Gasteiger partial charge in [-0.1, -0.05) is 53.9 Å². The van der Waals surface area contributed by atoms with E-state index in [0.717, 1.165) is 38.5 Å². The Morgan fingerprint density at radius 1 is 1.06 bits per heavy atom. The third-order valence-electron chi connectivity index (χ3n) is 6.98. The van der Waals surface area contributed by atoms with Gasteiger partial charge in [0.05, 0.1) is 7.11 Å². The summed E-state index contributed by atoms with van der Waals surface area (Å²) in [5.74, 6) is -0.869. The van der Waals surface area contributed by atoms with E-state index in [9.17, 15) is 19.2 Å². The summed E-state index contributed by atoms with van der Waals surface area (Å²) in [4.78, 5) is 52.6. The molecule has 0 unspecified atom stereocenters. The third-order valence-corrected chi connectivity index (χ3v) is 6.98. The molecule has 0 aromatic heterocycles. The van der Waals surface area contributed by atoms with Gasteiger partial charge in [-0.2, -0.15) is 0 Å². The second-order valence-electron chi connectivity index (χ2n) is 11.2. The molecule has 2 rings (SSSR count). The molecule has 188 valence electrons. The predicted octanol–water partition coefficient (Wildman–Crippen LogP) is 2.79. The summed E-state index contributed by atoms with van der Waals surface area (Å²) in [5.41, 5.74) is -0.870. The van der Waals surface area contributed by atoms with Crippen molar-refractivity contribution >= 4 is 23.7 Å². The van der Waals surface area contributed by atoms with Crippen molar-refractivity contribution in [1.82, 2.24) is 15.5 Å². The molecule has 2 fully saturated rings. The number of rotatable bonds is 8. The largest absolute Gasteiger partial charge is 0.467 e. The van der Waals surface area contributed by atoms with Crippen LogP contribution in [-0.4, -0.2) is 60.9 Å². The van der Waals surface area contributed by atoms with Gasteiger partial charge in [-0.15, -0.1) is 0 Å². The monoisotopic (exact) mass is 465 g/mol. The molecule has 1 saturated carbocycles. The lowest BCUT2D eigenvalue weighted by Crippen LogP contribution is -2.52. The van der Waals surface area contributed by atoms with E-state index in [4.69, 9.17) is 4.74 Å². The van der Waals surface area contributed by atoms with Crippen molar-refractivity contribution in [3.05, 3.63) is 0 Å². The first-order valence-electron chi connectivity index (χ1n) is 12.4. The van der Waals surface area contributed by atoms with Gasteiger partial charge in [-0.25, -0.2) is 4.79 Å². The van der Waals surface area contributed by atoms with E-state index in [0.29, 0.717) is 19.5 Å². The Balaban J connectivity index is 2.05. The zero-order valence-corrected chi connectivity index (χ0v) is 21.3. The van der Waals surface area contributed by atoms with Gasteiger partial charge in [0.25, 0.3) is 0 Å². The highest BCUT2D eigenvalue weighted by molar-refractivity contribution is 5.90. The average molecular weight is 466 g/mol. The van der Waals surface area contributed by atoms with E-state index in [1.807, 2.05) is 34.6 Å². The number of likely N-dealkylation sites (tertiary alicyclic amines) is 1. The molecule has 0 spiro atoms. The number of esters is 1. The first kappa shape index (κ1) is 27.1. The molecule has 1 aliphatic heterocycles. The molecule has 8 heteroatoms. The molecule has 8 nitrogen and oxygen atoms in total. The molecule has 0 radical (unpaired) electrons. The van der Waals surface area contributed by atoms with Crippen molar-refractivity contribution in [2.75, 3.05) is 20.2 Å². The van der Waals surface area contributed by atoms with Crippen LogP contribution in [0.2, 0.25) is 0 Å². The zero-order valence-electron chi connectivity index (χ0n) is 21.3. The number of ether oxygens (including phenoxy) is 1. The minimum Gasteiger partial charge on any atom is -0.467 e. The number of hydrogen-bond acceptors (Lipinski definition) is 5. The summed E-state index contributed by atoms with van der Waals surface area (Å²) in [6, 6.07) is -1.14. The van der Waals surface area contributed by atoms with Crippen LogP contribution in [-0.2, 0) is 23.9 Å². The summed E-state index contributed by atoms with van der Waals surface area (Å²) >= 11 is 0. The number of nitrogens with zero attached hydrogens (tertiary/aromatic N) is 1. The number of amides is 3. The maximum absolute atomic E-state index is 13.1. The van der Waals surface area contributed by atoms with Gasteiger partial charge in [-0.05, 0) is 37.0 Å². The minimum atomic E-state index is -0.687. The van der Waals surface area contributed by atoms with Crippen molar-refractivity contribution in [2.24, 2.45) is 16.7 Å². The number of carbonyl (C=O) groups excluding carboxylic acids is 4. The van der Waals surface area contributed by atoms with E-state index in [1.165, 1.54) is 7.11 Å². The highest BCUT2D eigenvalue weighted by Crippen LogP contribution is 2.39. The molecular weight excluding hydrogens is 422 g/mol. The summed E-state index contributed by atoms with van der Waals surface area (Å²) in [6.45, 7) is 10.4. The van der Waals surface area contributed by atoms with Crippen LogP contribution in [0.25, 0.3) is 0 Å². The second-order valence-corrected chi connectivity index (χ2v) is 11.2. The summed E-state index contributed by atoms with van der Waals surface area (Å²) in [5, 5.41) is 5.92. The van der Waals surface area contributed by atoms with Gasteiger partial charge >= 0.3 is 5.97 Å². The van der Waals surface area contributed by atoms with Crippen molar-refractivity contribution < 1.29 is 23.9 Å². The lowest BCUT2D eigenvalue weighted by molar-refractivity contribution is -0.147. The Labute approximate surface area is 198 Å². The van der Waals surface area contributed by atoms with Crippen molar-refractivity contribution in [3.8, 4) is 0 Å². The molecular formula is C25H43N3O5. The Bertz CT molecular complexity index is 722. The normalized spacial score (nSPS) is 21.4. The van der Waals surface area contributed by atoms with E-state index in [2.05, 4.69) is 10.6 Å². The fraction of sp³-hybridized carbons (Fsp3) is 0.840. The van der Waals surface area contributed by atoms with E-state index in [-0.39, 0.29) is 35.5 Å². The van der Waals surface area contributed by atoms with Gasteiger partial charge in [0.1, 0.15) is 12.1 Å². The van der Waals surface area contributed by atoms with Crippen LogP contribution in [0.15, 0.2) is 0 Å². The fourth-order valence-electron chi connectivity index (χ4n) is 5.01. The third kappa shape index (κ3) is 7.18. The first-order valence-corrected chi connectivity index (χ1v) is 12.4. The maximum Gasteiger partial charge on any atom is 0.328 e. The molecule has 0 bridgehead atoms. The molecule has 1 saturated heterocycles. The Morgan fingerprint density at radius 2 is 1.70 bits per heavy atom. The van der Waals surface area contributed by atoms with Crippen LogP contribution < -0.4 is 10.6 Å². The molecule has 2 N–H and O–H groups in total. The quantitative estimate of drug-likeness (QED) is 0.537. The fourth-order valence-corrected chi connectivity index (χ4v) is 5.01. The van der Waals surface area contributed by atoms with Crippen LogP contribution >= 0.6 is 0 Å². The summed E-state index contributed by atoms with van der Waals surface area (Å²) < 4.78 is 4.84. The lowest BCUT2D eigenvalue weighted by atomic mass is 9.71. The highest BCUT2D eigenvalue weighted by atomic mass is 16.5. The molecule has 2 aliphatic rings. The van der Waals surface area contributed by atoms with E-state index in [1.54, 1.807) is 4.90 Å². The van der Waals surface area contributed by atoms with Gasteiger partial charge in [0.2, 0.25) is 17.7 Å². The Kier molecular flexibility index (Phi) is 9.32. The predicted molar refractivity (Wildman–Crippen MR) is 126 cm³/mol. The standard InChI is InChI=1S/C25H43N3O5/c1-17(2)20(22(31)33-6)27-19(29)15-25(12-8-7-9-13-25)16-26-21(30)18-11-10-14-28(18)23(32)24(3,4)5/h17-18,20H,7-16H2,1-6H3,(H,26,30)(H,27,29)/t18-,20-/m0/s1. The van der Waals surface area contributed by atoms with Gasteiger partial charge in [-0.3, -0.25) is 14.4 Å². The molecule has 3 amide bonds. The maximum atomic E-state index is 13.1. The molecule has 1 heterocycles. The average Bonchev–Trinajstić information content (AvgIpc) is 3.24. The van der Waals surface area contributed by atoms with Gasteiger partial charge in [0, 0.05) is 24.9 Å². The van der Waals surface area contributed by atoms with Crippen LogP contribution in [0.4, 0.5) is 0 Å². The van der Waals surface area contributed by atoms with Gasteiger partial charge in [0.15, 0.2) is 0 Å². The molecule has 0 aromatic rings. The topological polar surface area (TPSA) is 105 Å². The number of nitrogens with one attached hydrogen (secondary N) is 2. The highest BCUT2D eigenvalue weighted by Gasteiger charge is 2.40. The summed E-state index contributed by atoms with van der Waals surface area (Å²) in [6.07, 6.45) is 6.56. The van der Waals surface area contributed by atoms with Crippen LogP contribution in [0.1, 0.15) is 86.0 Å². The minimum absolute atomic E-state index is 0.00514. The molecule has 0 aromatic carbocycles. The van der Waals surface area contributed by atoms with Crippen molar-refractivity contribution in [3.63, 3.8) is 0 Å².